The second-order valence-electron chi connectivity index (χ2n) is 12.0. The molecule has 0 aliphatic carbocycles. The summed E-state index contributed by atoms with van der Waals surface area (Å²) >= 11 is 0. The predicted molar refractivity (Wildman–Crippen MR) is 179 cm³/mol. The van der Waals surface area contributed by atoms with Gasteiger partial charge in [0.2, 0.25) is 17.7 Å². The van der Waals surface area contributed by atoms with Gasteiger partial charge in [-0.2, -0.15) is 0 Å². The fraction of sp³-hybridized carbons (Fsp3) is 0.500. The van der Waals surface area contributed by atoms with Crippen LogP contribution in [0.4, 0.5) is 5.69 Å². The lowest BCUT2D eigenvalue weighted by Crippen LogP contribution is -2.51. The number of nitrogens with two attached hydrogens (primary N) is 1. The molecule has 0 unspecified atom stereocenters. The third kappa shape index (κ3) is 8.63. The summed E-state index contributed by atoms with van der Waals surface area (Å²) in [6, 6.07) is 11.6. The van der Waals surface area contributed by atoms with E-state index in [0.29, 0.717) is 63.3 Å². The number of hydrogen-bond donors (Lipinski definition) is 5. The van der Waals surface area contributed by atoms with Crippen molar-refractivity contribution in [3.05, 3.63) is 59.4 Å². The first-order valence-electron chi connectivity index (χ1n) is 16.4. The molecular formula is C34H48N8O4. The van der Waals surface area contributed by atoms with Gasteiger partial charge in [-0.3, -0.25) is 19.2 Å². The van der Waals surface area contributed by atoms with Gasteiger partial charge in [-0.15, -0.1) is 0 Å². The van der Waals surface area contributed by atoms with Crippen LogP contribution < -0.4 is 21.7 Å². The van der Waals surface area contributed by atoms with Crippen LogP contribution in [-0.4, -0.2) is 81.7 Å². The normalized spacial score (nSPS) is 15.8. The summed E-state index contributed by atoms with van der Waals surface area (Å²) in [4.78, 5) is 63.4. The number of para-hydroxylation sites is 2. The fourth-order valence-corrected chi connectivity index (χ4v) is 5.70. The second-order valence-corrected chi connectivity index (χ2v) is 12.0. The summed E-state index contributed by atoms with van der Waals surface area (Å²) in [6.07, 6.45) is 3.72. The Morgan fingerprint density at radius 3 is 2.57 bits per heavy atom. The minimum atomic E-state index is -0.651. The molecule has 0 radical (unpaired) electrons. The Kier molecular flexibility index (Phi) is 12.1. The van der Waals surface area contributed by atoms with Crippen molar-refractivity contribution in [1.82, 2.24) is 30.4 Å². The number of aromatic amines is 1. The SMILES string of the molecule is CCC[C@H](NC(=O)[C@@H](N)CCC)C(=O)NCCCN1Cc2cc(C(=O)N(C)Cc3nc4ccccc4[nH]3)ccc2N[C@@H](CC)C1=O. The molecule has 6 N–H and O–H groups in total. The van der Waals surface area contributed by atoms with E-state index in [1.807, 2.05) is 57.2 Å². The fourth-order valence-electron chi connectivity index (χ4n) is 5.70. The van der Waals surface area contributed by atoms with Gasteiger partial charge < -0.3 is 36.5 Å². The zero-order chi connectivity index (χ0) is 33.2. The molecule has 0 saturated heterocycles. The molecule has 1 aliphatic heterocycles. The van der Waals surface area contributed by atoms with E-state index in [1.165, 1.54) is 0 Å². The van der Waals surface area contributed by atoms with Crippen molar-refractivity contribution in [1.29, 1.82) is 0 Å². The highest BCUT2D eigenvalue weighted by Gasteiger charge is 2.29. The van der Waals surface area contributed by atoms with Crippen LogP contribution in [0.3, 0.4) is 0 Å². The minimum absolute atomic E-state index is 0.0269. The molecule has 248 valence electrons. The van der Waals surface area contributed by atoms with Crippen molar-refractivity contribution in [2.24, 2.45) is 5.73 Å². The van der Waals surface area contributed by atoms with Crippen LogP contribution in [0, 0.1) is 0 Å². The van der Waals surface area contributed by atoms with Gasteiger partial charge in [0, 0.05) is 37.9 Å². The molecule has 3 atom stereocenters. The zero-order valence-corrected chi connectivity index (χ0v) is 27.4. The van der Waals surface area contributed by atoms with Crippen LogP contribution in [0.1, 0.15) is 81.0 Å². The third-order valence-electron chi connectivity index (χ3n) is 8.28. The summed E-state index contributed by atoms with van der Waals surface area (Å²) in [5, 5.41) is 9.07. The summed E-state index contributed by atoms with van der Waals surface area (Å²) in [6.45, 7) is 7.30. The minimum Gasteiger partial charge on any atom is -0.373 e. The van der Waals surface area contributed by atoms with E-state index in [-0.39, 0.29) is 23.6 Å². The van der Waals surface area contributed by atoms with E-state index in [2.05, 4.69) is 25.9 Å². The van der Waals surface area contributed by atoms with E-state index in [9.17, 15) is 19.2 Å². The van der Waals surface area contributed by atoms with Gasteiger partial charge in [0.15, 0.2) is 0 Å². The second kappa shape index (κ2) is 16.2. The number of carbonyl (C=O) groups excluding carboxylic acids is 4. The van der Waals surface area contributed by atoms with Gasteiger partial charge in [0.1, 0.15) is 17.9 Å². The van der Waals surface area contributed by atoms with Gasteiger partial charge in [-0.1, -0.05) is 45.7 Å². The number of rotatable bonds is 15. The number of nitrogens with one attached hydrogen (secondary N) is 4. The molecule has 2 heterocycles. The highest BCUT2D eigenvalue weighted by Crippen LogP contribution is 2.26. The largest absolute Gasteiger partial charge is 0.373 e. The molecule has 1 aromatic heterocycles. The van der Waals surface area contributed by atoms with Gasteiger partial charge in [-0.05, 0) is 61.6 Å². The van der Waals surface area contributed by atoms with Crippen molar-refractivity contribution in [3.63, 3.8) is 0 Å². The molecule has 4 rings (SSSR count). The molecule has 3 aromatic rings. The number of aromatic nitrogens is 2. The molecule has 0 spiro atoms. The highest BCUT2D eigenvalue weighted by molar-refractivity contribution is 5.95. The number of H-pyrrole nitrogens is 1. The first kappa shape index (κ1) is 34.4. The van der Waals surface area contributed by atoms with Crippen LogP contribution in [-0.2, 0) is 27.5 Å². The predicted octanol–water partition coefficient (Wildman–Crippen LogP) is 3.29. The summed E-state index contributed by atoms with van der Waals surface area (Å²) in [5.41, 5.74) is 9.91. The highest BCUT2D eigenvalue weighted by atomic mass is 16.2. The molecule has 4 amide bonds. The van der Waals surface area contributed by atoms with Gasteiger partial charge in [0.25, 0.3) is 5.91 Å². The van der Waals surface area contributed by atoms with Crippen molar-refractivity contribution in [2.45, 2.75) is 90.5 Å². The van der Waals surface area contributed by atoms with E-state index in [1.54, 1.807) is 22.9 Å². The summed E-state index contributed by atoms with van der Waals surface area (Å²) in [7, 11) is 1.74. The van der Waals surface area contributed by atoms with Crippen molar-refractivity contribution in [3.8, 4) is 0 Å². The monoisotopic (exact) mass is 632 g/mol. The first-order valence-corrected chi connectivity index (χ1v) is 16.4. The van der Waals surface area contributed by atoms with E-state index < -0.39 is 18.1 Å². The number of hydrogen-bond acceptors (Lipinski definition) is 7. The standard InChI is InChI=1S/C34H48N8O4/c1-5-11-24(35)31(43)40-29(12-6-2)32(44)36-17-10-18-42-20-23-19-22(15-16-26(23)37-25(7-3)34(42)46)33(45)41(4)21-30-38-27-13-8-9-14-28(27)39-30/h8-9,13-16,19,24-25,29,37H,5-7,10-12,17-18,20-21,35H2,1-4H3,(H,36,44)(H,38,39)(H,40,43)/t24-,25-,29-/m0/s1. The number of nitrogens with zero attached hydrogens (tertiary/aromatic N) is 3. The van der Waals surface area contributed by atoms with E-state index in [0.717, 1.165) is 35.1 Å². The molecule has 0 fully saturated rings. The van der Waals surface area contributed by atoms with Gasteiger partial charge in [-0.25, -0.2) is 4.98 Å². The topological polar surface area (TPSA) is 166 Å². The molecule has 12 heteroatoms. The maximum Gasteiger partial charge on any atom is 0.254 e. The van der Waals surface area contributed by atoms with E-state index >= 15 is 0 Å². The van der Waals surface area contributed by atoms with Crippen LogP contribution >= 0.6 is 0 Å². The molecule has 0 bridgehead atoms. The molecule has 1 aliphatic rings. The van der Waals surface area contributed by atoms with Crippen LogP contribution in [0.15, 0.2) is 42.5 Å². The Morgan fingerprint density at radius 1 is 1.09 bits per heavy atom. The Labute approximate surface area is 270 Å². The molecule has 2 aromatic carbocycles. The lowest BCUT2D eigenvalue weighted by atomic mass is 10.1. The van der Waals surface area contributed by atoms with E-state index in [4.69, 9.17) is 5.73 Å². The molecule has 46 heavy (non-hydrogen) atoms. The maximum absolute atomic E-state index is 13.4. The average Bonchev–Trinajstić information content (AvgIpc) is 3.40. The third-order valence-corrected chi connectivity index (χ3v) is 8.28. The number of anilines is 1. The summed E-state index contributed by atoms with van der Waals surface area (Å²) < 4.78 is 0. The zero-order valence-electron chi connectivity index (χ0n) is 27.4. The number of amides is 4. The molecule has 0 saturated carbocycles. The van der Waals surface area contributed by atoms with Crippen molar-refractivity contribution >= 4 is 40.3 Å². The van der Waals surface area contributed by atoms with Crippen LogP contribution in [0.25, 0.3) is 11.0 Å². The number of benzene rings is 2. The average molecular weight is 633 g/mol. The lowest BCUT2D eigenvalue weighted by molar-refractivity contribution is -0.132. The van der Waals surface area contributed by atoms with Crippen molar-refractivity contribution < 1.29 is 19.2 Å². The lowest BCUT2D eigenvalue weighted by Gasteiger charge is -2.24. The smallest absolute Gasteiger partial charge is 0.254 e. The van der Waals surface area contributed by atoms with Gasteiger partial charge in [0.05, 0.1) is 23.6 Å². The van der Waals surface area contributed by atoms with Crippen molar-refractivity contribution in [2.75, 3.05) is 25.5 Å². The first-order chi connectivity index (χ1) is 22.1. The Hall–Kier alpha value is -4.45. The number of imidazole rings is 1. The number of fused-ring (bicyclic) bond motifs is 2. The maximum atomic E-state index is 13.4. The quantitative estimate of drug-likeness (QED) is 0.160. The van der Waals surface area contributed by atoms with Crippen LogP contribution in [0.2, 0.25) is 0 Å². The van der Waals surface area contributed by atoms with Gasteiger partial charge >= 0.3 is 0 Å². The Balaban J connectivity index is 1.37. The number of carbonyl (C=O) groups is 4. The Bertz CT molecular complexity index is 1490. The van der Waals surface area contributed by atoms with Crippen LogP contribution in [0.5, 0.6) is 0 Å². The summed E-state index contributed by atoms with van der Waals surface area (Å²) in [5.74, 6) is -0.0486. The molecular weight excluding hydrogens is 584 g/mol. The molecule has 12 nitrogen and oxygen atoms in total. The Morgan fingerprint density at radius 2 is 1.85 bits per heavy atom.